The molecule has 0 radical (unpaired) electrons. The van der Waals surface area contributed by atoms with Crippen molar-refractivity contribution >= 4 is 23.6 Å². The van der Waals surface area contributed by atoms with E-state index in [9.17, 15) is 20.0 Å². The highest BCUT2D eigenvalue weighted by Crippen LogP contribution is 2.21. The Bertz CT molecular complexity index is 741. The molecule has 22 heavy (non-hydrogen) atoms. The highest BCUT2D eigenvalue weighted by molar-refractivity contribution is 5.88. The Morgan fingerprint density at radius 3 is 2.50 bits per heavy atom. The molecule has 0 unspecified atom stereocenters. The Balaban J connectivity index is 2.10. The summed E-state index contributed by atoms with van der Waals surface area (Å²) >= 11 is 0. The van der Waals surface area contributed by atoms with Gasteiger partial charge in [-0.05, 0) is 30.3 Å². The number of rotatable bonds is 5. The van der Waals surface area contributed by atoms with Crippen LogP contribution in [0.3, 0.4) is 0 Å². The molecule has 0 aromatic heterocycles. The standard InChI is InChI=1S/C14H11N3O5/c18-13-6-5-12(17(21)22)7-10(13)8-15-16-11-3-1-9(2-4-11)14(19)20/h1-8,16,18H,(H,19,20). The van der Waals surface area contributed by atoms with Crippen molar-refractivity contribution in [2.24, 2.45) is 5.10 Å². The lowest BCUT2D eigenvalue weighted by atomic mass is 10.2. The third-order valence-corrected chi connectivity index (χ3v) is 2.75. The quantitative estimate of drug-likeness (QED) is 0.442. The zero-order chi connectivity index (χ0) is 16.1. The number of nitrogens with zero attached hydrogens (tertiary/aromatic N) is 2. The second kappa shape index (κ2) is 6.35. The first-order valence-corrected chi connectivity index (χ1v) is 6.07. The Kier molecular flexibility index (Phi) is 4.33. The van der Waals surface area contributed by atoms with Crippen molar-refractivity contribution in [1.29, 1.82) is 0 Å². The second-order valence-corrected chi connectivity index (χ2v) is 4.25. The molecule has 0 aliphatic rings. The molecule has 3 N–H and O–H groups in total. The summed E-state index contributed by atoms with van der Waals surface area (Å²) in [6, 6.07) is 9.44. The highest BCUT2D eigenvalue weighted by atomic mass is 16.6. The SMILES string of the molecule is O=C(O)c1ccc(NN=Cc2cc([N+](=O)[O-])ccc2O)cc1. The van der Waals surface area contributed by atoms with E-state index in [0.717, 1.165) is 0 Å². The molecule has 2 aromatic carbocycles. The van der Waals surface area contributed by atoms with Gasteiger partial charge in [0.15, 0.2) is 0 Å². The fraction of sp³-hybridized carbons (Fsp3) is 0. The molecule has 0 fully saturated rings. The highest BCUT2D eigenvalue weighted by Gasteiger charge is 2.08. The van der Waals surface area contributed by atoms with Crippen LogP contribution in [0, 0.1) is 10.1 Å². The molecule has 0 bridgehead atoms. The van der Waals surface area contributed by atoms with E-state index in [-0.39, 0.29) is 22.6 Å². The number of anilines is 1. The van der Waals surface area contributed by atoms with E-state index in [4.69, 9.17) is 5.11 Å². The number of hydrogen-bond donors (Lipinski definition) is 3. The van der Waals surface area contributed by atoms with Crippen molar-refractivity contribution in [2.45, 2.75) is 0 Å². The van der Waals surface area contributed by atoms with Crippen molar-refractivity contribution in [3.05, 3.63) is 63.7 Å². The summed E-state index contributed by atoms with van der Waals surface area (Å²) in [6.45, 7) is 0. The van der Waals surface area contributed by atoms with Gasteiger partial charge in [0.25, 0.3) is 5.69 Å². The van der Waals surface area contributed by atoms with Gasteiger partial charge in [-0.3, -0.25) is 15.5 Å². The summed E-state index contributed by atoms with van der Waals surface area (Å²) < 4.78 is 0. The van der Waals surface area contributed by atoms with Crippen molar-refractivity contribution in [2.75, 3.05) is 5.43 Å². The van der Waals surface area contributed by atoms with Crippen LogP contribution in [-0.2, 0) is 0 Å². The van der Waals surface area contributed by atoms with Gasteiger partial charge in [0, 0.05) is 17.7 Å². The lowest BCUT2D eigenvalue weighted by molar-refractivity contribution is -0.384. The number of carbonyl (C=O) groups is 1. The number of benzene rings is 2. The van der Waals surface area contributed by atoms with E-state index in [1.807, 2.05) is 0 Å². The largest absolute Gasteiger partial charge is 0.507 e. The zero-order valence-corrected chi connectivity index (χ0v) is 11.1. The van der Waals surface area contributed by atoms with E-state index in [1.54, 1.807) is 0 Å². The first kappa shape index (κ1) is 15.0. The predicted octanol–water partition coefficient (Wildman–Crippen LogP) is 2.44. The molecular formula is C14H11N3O5. The molecule has 2 rings (SSSR count). The van der Waals surface area contributed by atoms with Crippen LogP contribution in [-0.4, -0.2) is 27.3 Å². The normalized spacial score (nSPS) is 10.5. The van der Waals surface area contributed by atoms with E-state index in [1.165, 1.54) is 48.7 Å². The molecule has 0 atom stereocenters. The molecule has 0 heterocycles. The maximum atomic E-state index is 10.7. The van der Waals surface area contributed by atoms with Gasteiger partial charge < -0.3 is 10.2 Å². The Hall–Kier alpha value is -3.42. The fourth-order valence-corrected chi connectivity index (χ4v) is 1.62. The summed E-state index contributed by atoms with van der Waals surface area (Å²) in [6.07, 6.45) is 1.23. The number of carboxylic acid groups (broad SMARTS) is 1. The third-order valence-electron chi connectivity index (χ3n) is 2.75. The Labute approximate surface area is 124 Å². The summed E-state index contributed by atoms with van der Waals surface area (Å²) in [7, 11) is 0. The molecule has 0 aliphatic carbocycles. The smallest absolute Gasteiger partial charge is 0.335 e. The van der Waals surface area contributed by atoms with Crippen LogP contribution < -0.4 is 5.43 Å². The topological polar surface area (TPSA) is 125 Å². The van der Waals surface area contributed by atoms with Crippen LogP contribution in [0.15, 0.2) is 47.6 Å². The average Bonchev–Trinajstić information content (AvgIpc) is 2.49. The van der Waals surface area contributed by atoms with Gasteiger partial charge in [0.2, 0.25) is 0 Å². The monoisotopic (exact) mass is 301 g/mol. The summed E-state index contributed by atoms with van der Waals surface area (Å²) in [5.74, 6) is -1.17. The average molecular weight is 301 g/mol. The number of phenols is 1. The summed E-state index contributed by atoms with van der Waals surface area (Å²) in [5.41, 5.74) is 3.33. The molecule has 0 amide bonds. The molecule has 8 heteroatoms. The summed E-state index contributed by atoms with van der Waals surface area (Å²) in [4.78, 5) is 20.8. The number of phenolic OH excluding ortho intramolecular Hbond substituents is 1. The van der Waals surface area contributed by atoms with Crippen LogP contribution in [0.25, 0.3) is 0 Å². The molecular weight excluding hydrogens is 290 g/mol. The van der Waals surface area contributed by atoms with E-state index < -0.39 is 10.9 Å². The van der Waals surface area contributed by atoms with Crippen molar-refractivity contribution in [1.82, 2.24) is 0 Å². The number of hydrazone groups is 1. The first-order chi connectivity index (χ1) is 10.5. The van der Waals surface area contributed by atoms with Crippen LogP contribution >= 0.6 is 0 Å². The number of nitro benzene ring substituents is 1. The van der Waals surface area contributed by atoms with Crippen molar-refractivity contribution in [3.63, 3.8) is 0 Å². The molecule has 8 nitrogen and oxygen atoms in total. The number of non-ortho nitro benzene ring substituents is 1. The zero-order valence-electron chi connectivity index (χ0n) is 11.1. The Morgan fingerprint density at radius 2 is 1.91 bits per heavy atom. The molecule has 0 aliphatic heterocycles. The van der Waals surface area contributed by atoms with Crippen LogP contribution in [0.5, 0.6) is 5.75 Å². The van der Waals surface area contributed by atoms with Gasteiger partial charge in [-0.25, -0.2) is 4.79 Å². The van der Waals surface area contributed by atoms with E-state index >= 15 is 0 Å². The minimum absolute atomic E-state index is 0.141. The number of nitrogens with one attached hydrogen (secondary N) is 1. The minimum Gasteiger partial charge on any atom is -0.507 e. The van der Waals surface area contributed by atoms with Gasteiger partial charge in [0.05, 0.1) is 22.4 Å². The predicted molar refractivity (Wildman–Crippen MR) is 79.4 cm³/mol. The van der Waals surface area contributed by atoms with E-state index in [2.05, 4.69) is 10.5 Å². The van der Waals surface area contributed by atoms with Crippen LogP contribution in [0.1, 0.15) is 15.9 Å². The number of aromatic carboxylic acids is 1. The Morgan fingerprint density at radius 1 is 1.23 bits per heavy atom. The van der Waals surface area contributed by atoms with Gasteiger partial charge in [-0.1, -0.05) is 0 Å². The fourth-order valence-electron chi connectivity index (χ4n) is 1.62. The molecule has 2 aromatic rings. The van der Waals surface area contributed by atoms with Gasteiger partial charge in [-0.2, -0.15) is 5.10 Å². The van der Waals surface area contributed by atoms with Crippen LogP contribution in [0.4, 0.5) is 11.4 Å². The summed E-state index contributed by atoms with van der Waals surface area (Å²) in [5, 5.41) is 32.9. The molecule has 112 valence electrons. The number of hydrogen-bond acceptors (Lipinski definition) is 6. The van der Waals surface area contributed by atoms with Gasteiger partial charge in [-0.15, -0.1) is 0 Å². The lowest BCUT2D eigenvalue weighted by Gasteiger charge is -2.01. The number of nitro groups is 1. The minimum atomic E-state index is -1.03. The first-order valence-electron chi connectivity index (χ1n) is 6.07. The lowest BCUT2D eigenvalue weighted by Crippen LogP contribution is -1.97. The molecule has 0 spiro atoms. The van der Waals surface area contributed by atoms with Crippen molar-refractivity contribution in [3.8, 4) is 5.75 Å². The van der Waals surface area contributed by atoms with Crippen molar-refractivity contribution < 1.29 is 19.9 Å². The molecule has 0 saturated heterocycles. The van der Waals surface area contributed by atoms with E-state index in [0.29, 0.717) is 5.69 Å². The number of aromatic hydroxyl groups is 1. The maximum Gasteiger partial charge on any atom is 0.335 e. The molecule has 0 saturated carbocycles. The third kappa shape index (κ3) is 3.57. The number of carboxylic acids is 1. The van der Waals surface area contributed by atoms with Crippen LogP contribution in [0.2, 0.25) is 0 Å². The second-order valence-electron chi connectivity index (χ2n) is 4.25. The van der Waals surface area contributed by atoms with Gasteiger partial charge >= 0.3 is 5.97 Å². The van der Waals surface area contributed by atoms with Gasteiger partial charge in [0.1, 0.15) is 5.75 Å². The maximum absolute atomic E-state index is 10.7.